The summed E-state index contributed by atoms with van der Waals surface area (Å²) in [5.41, 5.74) is 2.99. The number of thiazole rings is 1. The maximum absolute atomic E-state index is 12.2. The summed E-state index contributed by atoms with van der Waals surface area (Å²) in [6.07, 6.45) is 0.108. The van der Waals surface area contributed by atoms with Gasteiger partial charge < -0.3 is 9.47 Å². The van der Waals surface area contributed by atoms with Gasteiger partial charge in [0.15, 0.2) is 5.78 Å². The Balaban J connectivity index is 1.63. The Morgan fingerprint density at radius 3 is 2.74 bits per heavy atom. The first-order valence-corrected chi connectivity index (χ1v) is 10.3. The number of hydrogen-bond donors (Lipinski definition) is 0. The fraction of sp³-hybridized carbons (Fsp3) is 0.250. The van der Waals surface area contributed by atoms with E-state index in [2.05, 4.69) is 4.98 Å². The fourth-order valence-corrected chi connectivity index (χ4v) is 4.00. The Bertz CT molecular complexity index is 931. The van der Waals surface area contributed by atoms with Crippen LogP contribution < -0.4 is 4.74 Å². The van der Waals surface area contributed by atoms with Gasteiger partial charge in [-0.15, -0.1) is 11.3 Å². The average molecular weight is 402 g/mol. The molecule has 0 aliphatic heterocycles. The third-order valence-electron chi connectivity index (χ3n) is 3.80. The predicted molar refractivity (Wildman–Crippen MR) is 107 cm³/mol. The minimum Gasteiger partial charge on any atom is -0.493 e. The molecule has 0 amide bonds. The van der Waals surface area contributed by atoms with Gasteiger partial charge >= 0.3 is 5.97 Å². The number of nitrogens with zero attached hydrogens (tertiary/aromatic N) is 1. The first-order chi connectivity index (χ1) is 13.1. The van der Waals surface area contributed by atoms with E-state index < -0.39 is 0 Å². The molecule has 140 valence electrons. The second-order valence-corrected chi connectivity index (χ2v) is 7.44. The van der Waals surface area contributed by atoms with E-state index in [1.54, 1.807) is 29.5 Å². The molecule has 0 bridgehead atoms. The largest absolute Gasteiger partial charge is 0.493 e. The Hall–Kier alpha value is -2.51. The average Bonchev–Trinajstić information content (AvgIpc) is 3.32. The number of ether oxygens (including phenoxy) is 2. The number of carbonyl (C=O) groups excluding carboxylic acids is 2. The molecule has 0 spiro atoms. The first kappa shape index (κ1) is 19.3. The van der Waals surface area contributed by atoms with Crippen molar-refractivity contribution in [1.29, 1.82) is 0 Å². The van der Waals surface area contributed by atoms with Crippen molar-refractivity contribution in [2.45, 2.75) is 26.9 Å². The molecule has 7 heteroatoms. The predicted octanol–water partition coefficient (Wildman–Crippen LogP) is 4.76. The molecule has 2 heterocycles. The zero-order chi connectivity index (χ0) is 19.2. The standard InChI is InChI=1S/C20H19NO4S2/c1-3-24-18-5-4-14(13(2)22)8-16(18)10-25-19(23)9-17-12-27-20(21-17)15-6-7-26-11-15/h4-8,11-12H,3,9-10H2,1-2H3. The number of benzene rings is 1. The second-order valence-electron chi connectivity index (χ2n) is 5.81. The molecular formula is C20H19NO4S2. The normalized spacial score (nSPS) is 10.6. The van der Waals surface area contributed by atoms with E-state index in [0.717, 1.165) is 10.6 Å². The van der Waals surface area contributed by atoms with Gasteiger partial charge in [0.2, 0.25) is 0 Å². The lowest BCUT2D eigenvalue weighted by Crippen LogP contribution is -2.10. The summed E-state index contributed by atoms with van der Waals surface area (Å²) in [7, 11) is 0. The van der Waals surface area contributed by atoms with Crippen molar-refractivity contribution in [1.82, 2.24) is 4.98 Å². The molecule has 0 aliphatic rings. The molecule has 0 saturated heterocycles. The lowest BCUT2D eigenvalue weighted by molar-refractivity contribution is -0.144. The number of hydrogen-bond acceptors (Lipinski definition) is 7. The first-order valence-electron chi connectivity index (χ1n) is 8.46. The highest BCUT2D eigenvalue weighted by Gasteiger charge is 2.13. The highest BCUT2D eigenvalue weighted by Crippen LogP contribution is 2.26. The maximum atomic E-state index is 12.2. The van der Waals surface area contributed by atoms with Crippen molar-refractivity contribution in [2.24, 2.45) is 0 Å². The fourth-order valence-electron chi connectivity index (χ4n) is 2.47. The van der Waals surface area contributed by atoms with E-state index in [9.17, 15) is 9.59 Å². The zero-order valence-electron chi connectivity index (χ0n) is 15.1. The minimum atomic E-state index is -0.368. The number of aromatic nitrogens is 1. The van der Waals surface area contributed by atoms with Gasteiger partial charge in [-0.3, -0.25) is 9.59 Å². The molecule has 0 atom stereocenters. The van der Waals surface area contributed by atoms with Crippen LogP contribution in [0.2, 0.25) is 0 Å². The highest BCUT2D eigenvalue weighted by molar-refractivity contribution is 7.14. The van der Waals surface area contributed by atoms with Gasteiger partial charge in [-0.05, 0) is 43.5 Å². The van der Waals surface area contributed by atoms with Crippen LogP contribution in [-0.2, 0) is 22.6 Å². The number of thiophene rings is 1. The number of esters is 1. The van der Waals surface area contributed by atoms with Gasteiger partial charge in [-0.25, -0.2) is 4.98 Å². The van der Waals surface area contributed by atoms with Crippen LogP contribution in [0, 0.1) is 0 Å². The van der Waals surface area contributed by atoms with Gasteiger partial charge in [0.25, 0.3) is 0 Å². The number of Topliss-reactive ketones (excluding diaryl/α,β-unsaturated/α-hetero) is 1. The molecule has 0 aliphatic carbocycles. The van der Waals surface area contributed by atoms with Crippen LogP contribution in [0.15, 0.2) is 40.4 Å². The molecule has 0 saturated carbocycles. The van der Waals surface area contributed by atoms with Gasteiger partial charge in [-0.2, -0.15) is 11.3 Å². The summed E-state index contributed by atoms with van der Waals surface area (Å²) >= 11 is 3.12. The van der Waals surface area contributed by atoms with Gasteiger partial charge in [0.05, 0.1) is 18.7 Å². The SMILES string of the molecule is CCOc1ccc(C(C)=O)cc1COC(=O)Cc1csc(-c2ccsc2)n1. The Morgan fingerprint density at radius 2 is 2.04 bits per heavy atom. The summed E-state index contributed by atoms with van der Waals surface area (Å²) in [4.78, 5) is 28.3. The van der Waals surface area contributed by atoms with Crippen LogP contribution in [0.1, 0.15) is 35.5 Å². The quantitative estimate of drug-likeness (QED) is 0.402. The number of carbonyl (C=O) groups is 2. The van der Waals surface area contributed by atoms with Crippen LogP contribution in [0.25, 0.3) is 10.6 Å². The molecule has 2 aromatic heterocycles. The molecule has 27 heavy (non-hydrogen) atoms. The van der Waals surface area contributed by atoms with Gasteiger partial charge in [0, 0.05) is 27.5 Å². The molecule has 0 N–H and O–H groups in total. The molecule has 3 rings (SSSR count). The molecule has 5 nitrogen and oxygen atoms in total. The lowest BCUT2D eigenvalue weighted by Gasteiger charge is -2.12. The third-order valence-corrected chi connectivity index (χ3v) is 5.42. The van der Waals surface area contributed by atoms with E-state index in [1.165, 1.54) is 18.3 Å². The van der Waals surface area contributed by atoms with Crippen LogP contribution in [0.5, 0.6) is 5.75 Å². The maximum Gasteiger partial charge on any atom is 0.312 e. The van der Waals surface area contributed by atoms with E-state index in [0.29, 0.717) is 29.2 Å². The lowest BCUT2D eigenvalue weighted by atomic mass is 10.1. The Kier molecular flexibility index (Phi) is 6.36. The number of rotatable bonds is 8. The van der Waals surface area contributed by atoms with Crippen molar-refractivity contribution in [3.05, 3.63) is 57.2 Å². The highest BCUT2D eigenvalue weighted by atomic mass is 32.1. The monoisotopic (exact) mass is 401 g/mol. The molecular weight excluding hydrogens is 382 g/mol. The van der Waals surface area contributed by atoms with E-state index in [-0.39, 0.29) is 24.8 Å². The topological polar surface area (TPSA) is 65.5 Å². The molecule has 1 aromatic carbocycles. The van der Waals surface area contributed by atoms with Gasteiger partial charge in [0.1, 0.15) is 17.4 Å². The van der Waals surface area contributed by atoms with Gasteiger partial charge in [-0.1, -0.05) is 0 Å². The molecule has 3 aromatic rings. The third kappa shape index (κ3) is 5.02. The summed E-state index contributed by atoms with van der Waals surface area (Å²) < 4.78 is 10.9. The van der Waals surface area contributed by atoms with Crippen molar-refractivity contribution in [3.8, 4) is 16.3 Å². The van der Waals surface area contributed by atoms with Crippen LogP contribution in [0.3, 0.4) is 0 Å². The van der Waals surface area contributed by atoms with E-state index in [1.807, 2.05) is 29.1 Å². The molecule has 0 unspecified atom stereocenters. The van der Waals surface area contributed by atoms with Crippen molar-refractivity contribution < 1.29 is 19.1 Å². The van der Waals surface area contributed by atoms with Crippen LogP contribution >= 0.6 is 22.7 Å². The second kappa shape index (κ2) is 8.92. The minimum absolute atomic E-state index is 0.0472. The van der Waals surface area contributed by atoms with E-state index >= 15 is 0 Å². The Morgan fingerprint density at radius 1 is 1.19 bits per heavy atom. The Labute approximate surface area is 165 Å². The summed E-state index contributed by atoms with van der Waals surface area (Å²) in [6.45, 7) is 3.92. The van der Waals surface area contributed by atoms with Crippen molar-refractivity contribution in [3.63, 3.8) is 0 Å². The van der Waals surface area contributed by atoms with Crippen LogP contribution in [0.4, 0.5) is 0 Å². The zero-order valence-corrected chi connectivity index (χ0v) is 16.7. The van der Waals surface area contributed by atoms with Crippen LogP contribution in [-0.4, -0.2) is 23.3 Å². The number of ketones is 1. The summed E-state index contributed by atoms with van der Waals surface area (Å²) in [5, 5.41) is 6.79. The summed E-state index contributed by atoms with van der Waals surface area (Å²) in [5.74, 6) is 0.200. The summed E-state index contributed by atoms with van der Waals surface area (Å²) in [6, 6.07) is 7.15. The molecule has 0 fully saturated rings. The smallest absolute Gasteiger partial charge is 0.312 e. The van der Waals surface area contributed by atoms with Crippen molar-refractivity contribution >= 4 is 34.4 Å². The van der Waals surface area contributed by atoms with E-state index in [4.69, 9.17) is 9.47 Å². The van der Waals surface area contributed by atoms with Crippen molar-refractivity contribution in [2.75, 3.05) is 6.61 Å². The molecule has 0 radical (unpaired) electrons.